The van der Waals surface area contributed by atoms with E-state index in [0.717, 1.165) is 20.5 Å². The molecule has 5 heteroatoms. The van der Waals surface area contributed by atoms with E-state index in [1.54, 1.807) is 29.7 Å². The fraction of sp³-hybridized carbons (Fsp3) is 0.143. The summed E-state index contributed by atoms with van der Waals surface area (Å²) in [5, 5.41) is 5.97. The maximum atomic E-state index is 11.9. The first-order chi connectivity index (χ1) is 9.08. The van der Waals surface area contributed by atoms with Crippen molar-refractivity contribution >= 4 is 39.4 Å². The summed E-state index contributed by atoms with van der Waals surface area (Å²) in [6.45, 7) is 3.99. The lowest BCUT2D eigenvalue weighted by atomic mass is 10.1. The number of benzene rings is 1. The van der Waals surface area contributed by atoms with E-state index in [9.17, 15) is 4.79 Å². The molecule has 0 aliphatic carbocycles. The number of carbonyl (C=O) groups is 1. The third kappa shape index (κ3) is 3.52. The molecule has 0 fully saturated rings. The molecule has 0 saturated heterocycles. The van der Waals surface area contributed by atoms with Gasteiger partial charge in [-0.25, -0.2) is 5.43 Å². The molecule has 0 saturated carbocycles. The third-order valence-electron chi connectivity index (χ3n) is 2.68. The Labute approximate surface area is 124 Å². The average molecular weight is 337 g/mol. The van der Waals surface area contributed by atoms with Gasteiger partial charge in [0, 0.05) is 14.9 Å². The van der Waals surface area contributed by atoms with Crippen molar-refractivity contribution in [2.45, 2.75) is 13.8 Å². The number of carbonyl (C=O) groups excluding carboxylic acids is 1. The maximum absolute atomic E-state index is 11.9. The predicted molar refractivity (Wildman–Crippen MR) is 83.0 cm³/mol. The Morgan fingerprint density at radius 1 is 1.32 bits per heavy atom. The van der Waals surface area contributed by atoms with Gasteiger partial charge >= 0.3 is 0 Å². The summed E-state index contributed by atoms with van der Waals surface area (Å²) < 4.78 is 0.915. The van der Waals surface area contributed by atoms with E-state index in [4.69, 9.17) is 0 Å². The fourth-order valence-corrected chi connectivity index (χ4v) is 2.63. The summed E-state index contributed by atoms with van der Waals surface area (Å²) in [5.74, 6) is -0.217. The van der Waals surface area contributed by atoms with Crippen LogP contribution in [0.25, 0.3) is 0 Å². The fourth-order valence-electron chi connectivity index (χ4n) is 1.46. The summed E-state index contributed by atoms with van der Waals surface area (Å²) in [5.41, 5.74) is 5.35. The Morgan fingerprint density at radius 3 is 2.74 bits per heavy atom. The van der Waals surface area contributed by atoms with E-state index in [1.165, 1.54) is 0 Å². The summed E-state index contributed by atoms with van der Waals surface area (Å²) in [7, 11) is 0. The molecule has 0 spiro atoms. The summed E-state index contributed by atoms with van der Waals surface area (Å²) in [6, 6.07) is 7.48. The Bertz CT molecular complexity index is 634. The van der Waals surface area contributed by atoms with Gasteiger partial charge in [0.1, 0.15) is 0 Å². The number of hydrogen-bond acceptors (Lipinski definition) is 3. The van der Waals surface area contributed by atoms with Crippen LogP contribution in [0.4, 0.5) is 0 Å². The van der Waals surface area contributed by atoms with Crippen LogP contribution in [0, 0.1) is 13.8 Å². The average Bonchev–Trinajstić information content (AvgIpc) is 2.78. The molecular formula is C14H13BrN2OS. The lowest BCUT2D eigenvalue weighted by molar-refractivity contribution is 0.0955. The lowest BCUT2D eigenvalue weighted by Gasteiger charge is -2.02. The second-order valence-electron chi connectivity index (χ2n) is 4.13. The van der Waals surface area contributed by atoms with Crippen LogP contribution in [0.15, 0.2) is 39.2 Å². The van der Waals surface area contributed by atoms with Crippen molar-refractivity contribution in [3.63, 3.8) is 0 Å². The van der Waals surface area contributed by atoms with E-state index in [0.29, 0.717) is 5.56 Å². The minimum Gasteiger partial charge on any atom is -0.267 e. The number of thiophene rings is 1. The molecule has 98 valence electrons. The molecule has 2 rings (SSSR count). The van der Waals surface area contributed by atoms with E-state index < -0.39 is 0 Å². The smallest absolute Gasteiger partial charge is 0.267 e. The molecule has 19 heavy (non-hydrogen) atoms. The van der Waals surface area contributed by atoms with Gasteiger partial charge in [-0.2, -0.15) is 5.10 Å². The second kappa shape index (κ2) is 6.12. The van der Waals surface area contributed by atoms with Gasteiger partial charge in [0.15, 0.2) is 0 Å². The number of amides is 1. The first-order valence-corrected chi connectivity index (χ1v) is 7.39. The molecule has 0 aliphatic rings. The highest BCUT2D eigenvalue weighted by atomic mass is 79.9. The number of hydrogen-bond donors (Lipinski definition) is 1. The monoisotopic (exact) mass is 336 g/mol. The number of nitrogens with zero attached hydrogens (tertiary/aromatic N) is 1. The van der Waals surface area contributed by atoms with Gasteiger partial charge in [-0.3, -0.25) is 4.79 Å². The highest BCUT2D eigenvalue weighted by Gasteiger charge is 2.05. The van der Waals surface area contributed by atoms with Crippen molar-refractivity contribution in [3.8, 4) is 0 Å². The topological polar surface area (TPSA) is 41.5 Å². The second-order valence-corrected chi connectivity index (χ2v) is 5.93. The van der Waals surface area contributed by atoms with Crippen LogP contribution in [0.1, 0.15) is 26.4 Å². The zero-order valence-electron chi connectivity index (χ0n) is 10.6. The summed E-state index contributed by atoms with van der Waals surface area (Å²) in [4.78, 5) is 12.9. The first kappa shape index (κ1) is 14.0. The Kier molecular flexibility index (Phi) is 4.50. The molecule has 1 aromatic heterocycles. The van der Waals surface area contributed by atoms with Gasteiger partial charge in [-0.15, -0.1) is 11.3 Å². The molecule has 1 amide bonds. The first-order valence-electron chi connectivity index (χ1n) is 5.71. The zero-order valence-corrected chi connectivity index (χ0v) is 13.0. The molecule has 0 bridgehead atoms. The number of aryl methyl sites for hydroxylation is 2. The van der Waals surface area contributed by atoms with Crippen LogP contribution in [0.2, 0.25) is 0 Å². The number of hydrazone groups is 1. The highest BCUT2D eigenvalue weighted by Crippen LogP contribution is 2.17. The van der Waals surface area contributed by atoms with Crippen LogP contribution in [-0.2, 0) is 0 Å². The van der Waals surface area contributed by atoms with E-state index in [2.05, 4.69) is 26.5 Å². The number of rotatable bonds is 3. The van der Waals surface area contributed by atoms with E-state index in [1.807, 2.05) is 31.4 Å². The maximum Gasteiger partial charge on any atom is 0.271 e. The molecular weight excluding hydrogens is 324 g/mol. The molecule has 1 N–H and O–H groups in total. The van der Waals surface area contributed by atoms with Gasteiger partial charge in [-0.05, 0) is 48.6 Å². The lowest BCUT2D eigenvalue weighted by Crippen LogP contribution is -2.17. The Morgan fingerprint density at radius 2 is 2.11 bits per heavy atom. The highest BCUT2D eigenvalue weighted by molar-refractivity contribution is 9.10. The van der Waals surface area contributed by atoms with Gasteiger partial charge in [0.2, 0.25) is 0 Å². The van der Waals surface area contributed by atoms with E-state index in [-0.39, 0.29) is 5.91 Å². The Hall–Kier alpha value is -1.46. The van der Waals surface area contributed by atoms with E-state index >= 15 is 0 Å². The van der Waals surface area contributed by atoms with Crippen LogP contribution in [-0.4, -0.2) is 12.1 Å². The molecule has 0 aliphatic heterocycles. The normalized spacial score (nSPS) is 10.9. The van der Waals surface area contributed by atoms with Crippen molar-refractivity contribution in [2.24, 2.45) is 5.10 Å². The summed E-state index contributed by atoms with van der Waals surface area (Å²) in [6.07, 6.45) is 1.67. The number of nitrogens with one attached hydrogen (secondary N) is 1. The van der Waals surface area contributed by atoms with Crippen LogP contribution >= 0.6 is 27.3 Å². The minimum absolute atomic E-state index is 0.217. The third-order valence-corrected chi connectivity index (χ3v) is 4.49. The van der Waals surface area contributed by atoms with Crippen LogP contribution in [0.3, 0.4) is 0 Å². The molecule has 0 atom stereocenters. The molecule has 1 aromatic carbocycles. The SMILES string of the molecule is Cc1ccc(C(=O)N/N=C/c2sccc2C)cc1Br. The molecule has 0 radical (unpaired) electrons. The molecule has 3 nitrogen and oxygen atoms in total. The quantitative estimate of drug-likeness (QED) is 0.670. The zero-order chi connectivity index (χ0) is 13.8. The predicted octanol–water partition coefficient (Wildman–Crippen LogP) is 3.89. The molecule has 1 heterocycles. The summed E-state index contributed by atoms with van der Waals surface area (Å²) >= 11 is 5.00. The minimum atomic E-state index is -0.217. The van der Waals surface area contributed by atoms with Crippen molar-refractivity contribution in [2.75, 3.05) is 0 Å². The van der Waals surface area contributed by atoms with Crippen molar-refractivity contribution in [1.82, 2.24) is 5.43 Å². The van der Waals surface area contributed by atoms with Gasteiger partial charge in [-0.1, -0.05) is 22.0 Å². The largest absolute Gasteiger partial charge is 0.271 e. The van der Waals surface area contributed by atoms with Crippen molar-refractivity contribution < 1.29 is 4.79 Å². The van der Waals surface area contributed by atoms with Gasteiger partial charge in [0.05, 0.1) is 6.21 Å². The molecule has 0 unspecified atom stereocenters. The van der Waals surface area contributed by atoms with Crippen LogP contribution < -0.4 is 5.43 Å². The van der Waals surface area contributed by atoms with Gasteiger partial charge < -0.3 is 0 Å². The van der Waals surface area contributed by atoms with Gasteiger partial charge in [0.25, 0.3) is 5.91 Å². The number of halogens is 1. The molecule has 2 aromatic rings. The van der Waals surface area contributed by atoms with Crippen molar-refractivity contribution in [3.05, 3.63) is 55.7 Å². The van der Waals surface area contributed by atoms with Crippen molar-refractivity contribution in [1.29, 1.82) is 0 Å². The standard InChI is InChI=1S/C14H13BrN2OS/c1-9-3-4-11(7-12(9)15)14(18)17-16-8-13-10(2)5-6-19-13/h3-8H,1-2H3,(H,17,18)/b16-8+. The van der Waals surface area contributed by atoms with Crippen LogP contribution in [0.5, 0.6) is 0 Å². The Balaban J connectivity index is 2.03.